The first-order chi connectivity index (χ1) is 7.37. The molecule has 0 spiro atoms. The van der Waals surface area contributed by atoms with Crippen LogP contribution in [0, 0.1) is 12.3 Å². The normalized spacial score (nSPS) is 11.6. The fourth-order valence-corrected chi connectivity index (χ4v) is 1.65. The fraction of sp³-hybridized carbons (Fsp3) is 0.667. The minimum Gasteiger partial charge on any atom is -0.308 e. The van der Waals surface area contributed by atoms with Crippen molar-refractivity contribution >= 4 is 5.82 Å². The van der Waals surface area contributed by atoms with Crippen molar-refractivity contribution in [2.75, 3.05) is 5.43 Å². The average molecular weight is 222 g/mol. The first-order valence-electron chi connectivity index (χ1n) is 5.70. The smallest absolute Gasteiger partial charge is 0.146 e. The minimum absolute atomic E-state index is 0.187. The number of nitrogens with one attached hydrogen (secondary N) is 1. The molecule has 0 aliphatic rings. The van der Waals surface area contributed by atoms with Crippen LogP contribution in [0.2, 0.25) is 0 Å². The molecule has 1 rings (SSSR count). The van der Waals surface area contributed by atoms with E-state index in [0.717, 1.165) is 35.7 Å². The second kappa shape index (κ2) is 4.78. The summed E-state index contributed by atoms with van der Waals surface area (Å²) in [5.41, 5.74) is 4.95. The Labute approximate surface area is 97.7 Å². The highest BCUT2D eigenvalue weighted by atomic mass is 15.3. The third kappa shape index (κ3) is 3.17. The van der Waals surface area contributed by atoms with Gasteiger partial charge < -0.3 is 5.43 Å². The van der Waals surface area contributed by atoms with E-state index < -0.39 is 0 Å². The Hall–Kier alpha value is -1.16. The van der Waals surface area contributed by atoms with Crippen molar-refractivity contribution in [1.82, 2.24) is 9.97 Å². The van der Waals surface area contributed by atoms with E-state index in [1.165, 1.54) is 0 Å². The molecule has 0 bridgehead atoms. The molecular weight excluding hydrogens is 200 g/mol. The van der Waals surface area contributed by atoms with Crippen molar-refractivity contribution in [2.45, 2.75) is 47.5 Å². The summed E-state index contributed by atoms with van der Waals surface area (Å²) in [4.78, 5) is 9.02. The zero-order chi connectivity index (χ0) is 12.3. The third-order valence-electron chi connectivity index (χ3n) is 2.45. The predicted molar refractivity (Wildman–Crippen MR) is 67.1 cm³/mol. The molecule has 0 aromatic carbocycles. The summed E-state index contributed by atoms with van der Waals surface area (Å²) in [6, 6.07) is 0. The van der Waals surface area contributed by atoms with E-state index in [1.54, 1.807) is 0 Å². The molecule has 16 heavy (non-hydrogen) atoms. The molecule has 0 amide bonds. The summed E-state index contributed by atoms with van der Waals surface area (Å²) in [5.74, 6) is 7.07. The van der Waals surface area contributed by atoms with Crippen LogP contribution in [0.1, 0.15) is 44.8 Å². The van der Waals surface area contributed by atoms with E-state index >= 15 is 0 Å². The summed E-state index contributed by atoms with van der Waals surface area (Å²) in [6.07, 6.45) is 1.76. The van der Waals surface area contributed by atoms with Crippen LogP contribution in [-0.4, -0.2) is 9.97 Å². The molecule has 0 radical (unpaired) electrons. The van der Waals surface area contributed by atoms with E-state index in [2.05, 4.69) is 43.1 Å². The second-order valence-electron chi connectivity index (χ2n) is 5.30. The highest BCUT2D eigenvalue weighted by Crippen LogP contribution is 2.21. The lowest BCUT2D eigenvalue weighted by Crippen LogP contribution is -2.17. The SMILES string of the molecule is CCc1nc(CC(C)(C)C)nc(NN)c1C. The summed E-state index contributed by atoms with van der Waals surface area (Å²) >= 11 is 0. The summed E-state index contributed by atoms with van der Waals surface area (Å²) in [7, 11) is 0. The second-order valence-corrected chi connectivity index (χ2v) is 5.30. The zero-order valence-electron chi connectivity index (χ0n) is 10.9. The summed E-state index contributed by atoms with van der Waals surface area (Å²) < 4.78 is 0. The Morgan fingerprint density at radius 2 is 1.88 bits per heavy atom. The van der Waals surface area contributed by atoms with Gasteiger partial charge in [0.2, 0.25) is 0 Å². The van der Waals surface area contributed by atoms with Crippen LogP contribution >= 0.6 is 0 Å². The molecule has 1 aromatic heterocycles. The molecule has 1 aromatic rings. The maximum absolute atomic E-state index is 5.47. The molecule has 0 aliphatic heterocycles. The van der Waals surface area contributed by atoms with Gasteiger partial charge in [-0.3, -0.25) is 0 Å². The van der Waals surface area contributed by atoms with Gasteiger partial charge in [-0.25, -0.2) is 15.8 Å². The van der Waals surface area contributed by atoms with Crippen LogP contribution in [0.15, 0.2) is 0 Å². The predicted octanol–water partition coefficient (Wildman–Crippen LogP) is 2.22. The maximum atomic E-state index is 5.47. The van der Waals surface area contributed by atoms with E-state index in [1.807, 2.05) is 6.92 Å². The third-order valence-corrected chi connectivity index (χ3v) is 2.45. The largest absolute Gasteiger partial charge is 0.308 e. The van der Waals surface area contributed by atoms with Gasteiger partial charge in [-0.1, -0.05) is 27.7 Å². The first kappa shape index (κ1) is 12.9. The van der Waals surface area contributed by atoms with Gasteiger partial charge in [0.1, 0.15) is 11.6 Å². The van der Waals surface area contributed by atoms with Crippen molar-refractivity contribution < 1.29 is 0 Å². The van der Waals surface area contributed by atoms with Gasteiger partial charge in [-0.05, 0) is 18.8 Å². The Bertz CT molecular complexity index is 341. The zero-order valence-corrected chi connectivity index (χ0v) is 10.9. The number of aryl methyl sites for hydroxylation is 1. The Kier molecular flexibility index (Phi) is 3.86. The topological polar surface area (TPSA) is 63.8 Å². The van der Waals surface area contributed by atoms with E-state index in [0.29, 0.717) is 0 Å². The van der Waals surface area contributed by atoms with Gasteiger partial charge in [0.25, 0.3) is 0 Å². The Morgan fingerprint density at radius 1 is 1.25 bits per heavy atom. The van der Waals surface area contributed by atoms with Crippen molar-refractivity contribution in [3.63, 3.8) is 0 Å². The number of hydrazine groups is 1. The molecule has 0 fully saturated rings. The van der Waals surface area contributed by atoms with Gasteiger partial charge >= 0.3 is 0 Å². The van der Waals surface area contributed by atoms with Crippen LogP contribution in [0.4, 0.5) is 5.82 Å². The van der Waals surface area contributed by atoms with Gasteiger partial charge in [-0.2, -0.15) is 0 Å². The Balaban J connectivity index is 3.12. The fourth-order valence-electron chi connectivity index (χ4n) is 1.65. The maximum Gasteiger partial charge on any atom is 0.146 e. The molecule has 1 heterocycles. The number of nitrogens with zero attached hydrogens (tertiary/aromatic N) is 2. The monoisotopic (exact) mass is 222 g/mol. The first-order valence-corrected chi connectivity index (χ1v) is 5.70. The number of nitrogens with two attached hydrogens (primary N) is 1. The molecule has 4 nitrogen and oxygen atoms in total. The molecule has 0 unspecified atom stereocenters. The highest BCUT2D eigenvalue weighted by molar-refractivity contribution is 5.44. The van der Waals surface area contributed by atoms with Crippen molar-refractivity contribution in [3.05, 3.63) is 17.1 Å². The van der Waals surface area contributed by atoms with Gasteiger partial charge in [-0.15, -0.1) is 0 Å². The van der Waals surface area contributed by atoms with Gasteiger partial charge in [0.05, 0.1) is 0 Å². The molecular formula is C12H22N4. The van der Waals surface area contributed by atoms with Crippen molar-refractivity contribution in [1.29, 1.82) is 0 Å². The number of nitrogen functional groups attached to an aromatic ring is 1. The molecule has 4 heteroatoms. The molecule has 0 aliphatic carbocycles. The van der Waals surface area contributed by atoms with E-state index in [-0.39, 0.29) is 5.41 Å². The van der Waals surface area contributed by atoms with Crippen LogP contribution in [0.5, 0.6) is 0 Å². The minimum atomic E-state index is 0.187. The summed E-state index contributed by atoms with van der Waals surface area (Å²) in [6.45, 7) is 10.6. The van der Waals surface area contributed by atoms with Crippen molar-refractivity contribution in [3.8, 4) is 0 Å². The molecule has 0 saturated heterocycles. The average Bonchev–Trinajstić information content (AvgIpc) is 2.18. The number of anilines is 1. The van der Waals surface area contributed by atoms with Crippen LogP contribution in [0.25, 0.3) is 0 Å². The molecule has 0 atom stereocenters. The lowest BCUT2D eigenvalue weighted by molar-refractivity contribution is 0.400. The molecule has 0 saturated carbocycles. The lowest BCUT2D eigenvalue weighted by atomic mass is 9.92. The number of rotatable bonds is 3. The van der Waals surface area contributed by atoms with E-state index in [4.69, 9.17) is 5.84 Å². The van der Waals surface area contributed by atoms with Gasteiger partial charge in [0.15, 0.2) is 0 Å². The Morgan fingerprint density at radius 3 is 2.31 bits per heavy atom. The lowest BCUT2D eigenvalue weighted by Gasteiger charge is -2.18. The van der Waals surface area contributed by atoms with E-state index in [9.17, 15) is 0 Å². The van der Waals surface area contributed by atoms with Crippen LogP contribution < -0.4 is 11.3 Å². The highest BCUT2D eigenvalue weighted by Gasteiger charge is 2.16. The molecule has 3 N–H and O–H groups in total. The van der Waals surface area contributed by atoms with Gasteiger partial charge in [0, 0.05) is 17.7 Å². The number of aromatic nitrogens is 2. The van der Waals surface area contributed by atoms with Crippen molar-refractivity contribution in [2.24, 2.45) is 11.3 Å². The van der Waals surface area contributed by atoms with Crippen LogP contribution in [0.3, 0.4) is 0 Å². The standard InChI is InChI=1S/C12H22N4/c1-6-9-8(2)11(16-13)15-10(14-9)7-12(3,4)5/h6-7,13H2,1-5H3,(H,14,15,16). The van der Waals surface area contributed by atoms with Crippen LogP contribution in [-0.2, 0) is 12.8 Å². The summed E-state index contributed by atoms with van der Waals surface area (Å²) in [5, 5.41) is 0. The number of hydrogen-bond donors (Lipinski definition) is 2. The quantitative estimate of drug-likeness (QED) is 0.608. The number of hydrogen-bond acceptors (Lipinski definition) is 4. The molecule has 90 valence electrons.